The molecular weight excluding hydrogens is 337 g/mol. The van der Waals surface area contributed by atoms with Gasteiger partial charge in [0.15, 0.2) is 6.17 Å². The van der Waals surface area contributed by atoms with Crippen LogP contribution >= 0.6 is 0 Å². The standard InChI is InChI=1S/C18H22FN5O2/c1-11-21-22-17-18(26)23(14-8-4-5-9-15(14)24(11)17)10-16(25)20-13-7-3-2-6-12(13)19/h2-3,6-7,14-15,17,22H,4-5,8-10H2,1H3,(H,20,25). The van der Waals surface area contributed by atoms with Gasteiger partial charge in [-0.2, -0.15) is 5.10 Å². The molecule has 3 atom stereocenters. The van der Waals surface area contributed by atoms with E-state index in [9.17, 15) is 14.0 Å². The monoisotopic (exact) mass is 359 g/mol. The van der Waals surface area contributed by atoms with Crippen molar-refractivity contribution < 1.29 is 14.0 Å². The van der Waals surface area contributed by atoms with Crippen LogP contribution in [0.4, 0.5) is 10.1 Å². The van der Waals surface area contributed by atoms with Gasteiger partial charge in [-0.25, -0.2) is 4.39 Å². The van der Waals surface area contributed by atoms with Gasteiger partial charge in [0.2, 0.25) is 5.91 Å². The maximum Gasteiger partial charge on any atom is 0.268 e. The number of rotatable bonds is 3. The van der Waals surface area contributed by atoms with Crippen LogP contribution in [-0.4, -0.2) is 52.2 Å². The smallest absolute Gasteiger partial charge is 0.268 e. The molecule has 0 aromatic heterocycles. The van der Waals surface area contributed by atoms with E-state index < -0.39 is 17.9 Å². The number of hydrogen-bond acceptors (Lipinski definition) is 5. The third-order valence-electron chi connectivity index (χ3n) is 5.43. The lowest BCUT2D eigenvalue weighted by atomic mass is 9.85. The highest BCUT2D eigenvalue weighted by atomic mass is 19.1. The van der Waals surface area contributed by atoms with Crippen LogP contribution in [0.25, 0.3) is 0 Å². The molecule has 138 valence electrons. The van der Waals surface area contributed by atoms with Gasteiger partial charge in [-0.05, 0) is 31.9 Å². The van der Waals surface area contributed by atoms with Crippen molar-refractivity contribution in [3.05, 3.63) is 30.1 Å². The zero-order chi connectivity index (χ0) is 18.3. The molecule has 4 rings (SSSR count). The molecule has 3 aliphatic rings. The molecule has 26 heavy (non-hydrogen) atoms. The largest absolute Gasteiger partial charge is 0.325 e. The third-order valence-corrected chi connectivity index (χ3v) is 5.43. The van der Waals surface area contributed by atoms with Gasteiger partial charge in [0, 0.05) is 0 Å². The van der Waals surface area contributed by atoms with Crippen LogP contribution in [0.15, 0.2) is 29.4 Å². The van der Waals surface area contributed by atoms with E-state index in [0.29, 0.717) is 0 Å². The van der Waals surface area contributed by atoms with Gasteiger partial charge in [0.05, 0.1) is 17.8 Å². The lowest BCUT2D eigenvalue weighted by Gasteiger charge is -2.50. The number of hydrazone groups is 1. The Balaban J connectivity index is 1.53. The molecule has 1 saturated carbocycles. The molecule has 1 saturated heterocycles. The van der Waals surface area contributed by atoms with Gasteiger partial charge in [0.25, 0.3) is 5.91 Å². The minimum atomic E-state index is -0.546. The number of halogens is 1. The number of nitrogens with one attached hydrogen (secondary N) is 2. The number of amidine groups is 1. The van der Waals surface area contributed by atoms with Gasteiger partial charge in [-0.15, -0.1) is 0 Å². The van der Waals surface area contributed by atoms with Crippen molar-refractivity contribution in [3.8, 4) is 0 Å². The van der Waals surface area contributed by atoms with Gasteiger partial charge in [-0.3, -0.25) is 15.0 Å². The average molecular weight is 359 g/mol. The van der Waals surface area contributed by atoms with E-state index >= 15 is 0 Å². The molecule has 2 heterocycles. The first-order valence-corrected chi connectivity index (χ1v) is 8.99. The van der Waals surface area contributed by atoms with E-state index in [4.69, 9.17) is 0 Å². The highest BCUT2D eigenvalue weighted by molar-refractivity contribution is 5.97. The number of para-hydroxylation sites is 1. The Bertz CT molecular complexity index is 768. The fraction of sp³-hybridized carbons (Fsp3) is 0.500. The lowest BCUT2D eigenvalue weighted by molar-refractivity contribution is -0.151. The fourth-order valence-electron chi connectivity index (χ4n) is 4.27. The van der Waals surface area contributed by atoms with Gasteiger partial charge in [0.1, 0.15) is 18.2 Å². The van der Waals surface area contributed by atoms with Crippen LogP contribution in [0, 0.1) is 5.82 Å². The predicted molar refractivity (Wildman–Crippen MR) is 94.7 cm³/mol. The van der Waals surface area contributed by atoms with Crippen molar-refractivity contribution in [3.63, 3.8) is 0 Å². The maximum absolute atomic E-state index is 13.8. The number of anilines is 1. The molecule has 1 aromatic rings. The molecule has 2 aliphatic heterocycles. The van der Waals surface area contributed by atoms with Crippen molar-refractivity contribution in [2.45, 2.75) is 50.9 Å². The molecule has 2 fully saturated rings. The van der Waals surface area contributed by atoms with Crippen molar-refractivity contribution in [1.29, 1.82) is 0 Å². The Morgan fingerprint density at radius 3 is 2.81 bits per heavy atom. The Hall–Kier alpha value is -2.64. The van der Waals surface area contributed by atoms with E-state index in [-0.39, 0.29) is 30.2 Å². The second-order valence-corrected chi connectivity index (χ2v) is 7.01. The summed E-state index contributed by atoms with van der Waals surface area (Å²) in [4.78, 5) is 29.1. The number of fused-ring (bicyclic) bond motifs is 3. The number of piperazine rings is 1. The number of carbonyl (C=O) groups excluding carboxylic acids is 2. The van der Waals surface area contributed by atoms with Gasteiger partial charge >= 0.3 is 0 Å². The van der Waals surface area contributed by atoms with E-state index in [0.717, 1.165) is 31.5 Å². The third kappa shape index (κ3) is 2.79. The first-order valence-electron chi connectivity index (χ1n) is 8.99. The van der Waals surface area contributed by atoms with Crippen LogP contribution in [0.5, 0.6) is 0 Å². The molecule has 1 aromatic carbocycles. The Kier molecular flexibility index (Phi) is 4.26. The Labute approximate surface area is 151 Å². The molecule has 1 aliphatic carbocycles. The summed E-state index contributed by atoms with van der Waals surface area (Å²) in [5.41, 5.74) is 3.01. The number of nitrogens with zero attached hydrogens (tertiary/aromatic N) is 3. The molecule has 0 radical (unpaired) electrons. The van der Waals surface area contributed by atoms with Crippen molar-refractivity contribution >= 4 is 23.3 Å². The van der Waals surface area contributed by atoms with E-state index in [1.807, 2.05) is 6.92 Å². The first-order chi connectivity index (χ1) is 12.6. The van der Waals surface area contributed by atoms with Gasteiger partial charge in [-0.1, -0.05) is 25.0 Å². The maximum atomic E-state index is 13.8. The van der Waals surface area contributed by atoms with Crippen LogP contribution in [0.3, 0.4) is 0 Å². The predicted octanol–water partition coefficient (Wildman–Crippen LogP) is 1.48. The minimum absolute atomic E-state index is 0.0241. The summed E-state index contributed by atoms with van der Waals surface area (Å²) in [6, 6.07) is 6.15. The van der Waals surface area contributed by atoms with Crippen molar-refractivity contribution in [2.75, 3.05) is 11.9 Å². The SMILES string of the molecule is CC1=NNC2C(=O)N(CC(=O)Nc3ccccc3F)C3CCCCC3N12. The number of amides is 2. The normalized spacial score (nSPS) is 27.4. The molecule has 0 spiro atoms. The first kappa shape index (κ1) is 16.8. The quantitative estimate of drug-likeness (QED) is 0.857. The van der Waals surface area contributed by atoms with E-state index in [2.05, 4.69) is 20.7 Å². The zero-order valence-corrected chi connectivity index (χ0v) is 14.6. The molecule has 2 N–H and O–H groups in total. The summed E-state index contributed by atoms with van der Waals surface area (Å²) >= 11 is 0. The number of carbonyl (C=O) groups is 2. The fourth-order valence-corrected chi connectivity index (χ4v) is 4.27. The Morgan fingerprint density at radius 2 is 2.04 bits per heavy atom. The highest BCUT2D eigenvalue weighted by Crippen LogP contribution is 2.34. The number of benzene rings is 1. The topological polar surface area (TPSA) is 77.0 Å². The summed E-state index contributed by atoms with van der Waals surface area (Å²) < 4.78 is 13.8. The van der Waals surface area contributed by atoms with Crippen molar-refractivity contribution in [1.82, 2.24) is 15.2 Å². The molecule has 2 amide bonds. The summed E-state index contributed by atoms with van der Waals surface area (Å²) in [6.07, 6.45) is 3.41. The van der Waals surface area contributed by atoms with Crippen LogP contribution in [-0.2, 0) is 9.59 Å². The van der Waals surface area contributed by atoms with E-state index in [1.54, 1.807) is 17.0 Å². The molecule has 0 bridgehead atoms. The summed E-state index contributed by atoms with van der Waals surface area (Å²) in [7, 11) is 0. The Morgan fingerprint density at radius 1 is 1.31 bits per heavy atom. The van der Waals surface area contributed by atoms with Gasteiger partial charge < -0.3 is 15.1 Å². The lowest BCUT2D eigenvalue weighted by Crippen LogP contribution is -2.69. The molecule has 7 nitrogen and oxygen atoms in total. The van der Waals surface area contributed by atoms with E-state index in [1.165, 1.54) is 12.1 Å². The molecule has 3 unspecified atom stereocenters. The van der Waals surface area contributed by atoms with Crippen LogP contribution in [0.2, 0.25) is 0 Å². The van der Waals surface area contributed by atoms with Crippen LogP contribution < -0.4 is 10.7 Å². The summed E-state index contributed by atoms with van der Waals surface area (Å²) in [5.74, 6) is -0.223. The summed E-state index contributed by atoms with van der Waals surface area (Å²) in [5, 5.41) is 6.78. The average Bonchev–Trinajstić information content (AvgIpc) is 3.03. The highest BCUT2D eigenvalue weighted by Gasteiger charge is 2.50. The second-order valence-electron chi connectivity index (χ2n) is 7.01. The number of hydrogen-bond donors (Lipinski definition) is 2. The summed E-state index contributed by atoms with van der Waals surface area (Å²) in [6.45, 7) is 1.81. The molecule has 8 heteroatoms. The van der Waals surface area contributed by atoms with Crippen molar-refractivity contribution in [2.24, 2.45) is 5.10 Å². The molecular formula is C18H22FN5O2. The zero-order valence-electron chi connectivity index (χ0n) is 14.6. The second kappa shape index (κ2) is 6.59. The minimum Gasteiger partial charge on any atom is -0.325 e. The van der Waals surface area contributed by atoms with Crippen LogP contribution in [0.1, 0.15) is 32.6 Å².